The van der Waals surface area contributed by atoms with Crippen LogP contribution in [0.3, 0.4) is 0 Å². The minimum atomic E-state index is -3.10. The Morgan fingerprint density at radius 1 is 1.33 bits per heavy atom. The van der Waals surface area contributed by atoms with E-state index in [1.165, 1.54) is 12.6 Å². The van der Waals surface area contributed by atoms with Gasteiger partial charge >= 0.3 is 0 Å². The molecule has 0 aliphatic heterocycles. The Kier molecular flexibility index (Phi) is 4.33. The molecule has 0 amide bonds. The van der Waals surface area contributed by atoms with Crippen LogP contribution in [0, 0.1) is 0 Å². The fourth-order valence-electron chi connectivity index (χ4n) is 1.70. The summed E-state index contributed by atoms with van der Waals surface area (Å²) in [5.74, 6) is 5.97. The van der Waals surface area contributed by atoms with Crippen molar-refractivity contribution in [2.24, 2.45) is 5.84 Å². The van der Waals surface area contributed by atoms with Crippen LogP contribution in [0.4, 0.5) is 11.9 Å². The van der Waals surface area contributed by atoms with Crippen molar-refractivity contribution in [2.45, 2.75) is 13.0 Å². The second kappa shape index (κ2) is 6.01. The Labute approximate surface area is 121 Å². The van der Waals surface area contributed by atoms with Gasteiger partial charge in [0, 0.05) is 24.7 Å². The molecule has 114 valence electrons. The highest BCUT2D eigenvalue weighted by atomic mass is 32.2. The number of nitrogens with two attached hydrogens (primary N) is 1. The third-order valence-electron chi connectivity index (χ3n) is 2.42. The second-order valence-corrected chi connectivity index (χ2v) is 6.72. The zero-order valence-corrected chi connectivity index (χ0v) is 12.4. The minimum Gasteiger partial charge on any atom is -0.351 e. The van der Waals surface area contributed by atoms with Crippen molar-refractivity contribution >= 4 is 21.7 Å². The largest absolute Gasteiger partial charge is 0.351 e. The summed E-state index contributed by atoms with van der Waals surface area (Å²) in [6.45, 7) is 1.72. The predicted octanol–water partition coefficient (Wildman–Crippen LogP) is -0.812. The van der Waals surface area contributed by atoms with Gasteiger partial charge in [0.1, 0.15) is 16.2 Å². The molecule has 10 nitrogen and oxygen atoms in total. The maximum atomic E-state index is 11.3. The van der Waals surface area contributed by atoms with E-state index in [0.29, 0.717) is 5.95 Å². The van der Waals surface area contributed by atoms with Crippen LogP contribution in [0.15, 0.2) is 18.7 Å². The van der Waals surface area contributed by atoms with E-state index in [4.69, 9.17) is 5.84 Å². The SMILES string of the molecule is CC(CS(C)(=O)=O)Nc1nc(NN)nc(-n2ccnc2)n1. The molecule has 0 fully saturated rings. The summed E-state index contributed by atoms with van der Waals surface area (Å²) in [7, 11) is -3.10. The first-order valence-corrected chi connectivity index (χ1v) is 8.09. The van der Waals surface area contributed by atoms with E-state index in [0.717, 1.165) is 0 Å². The molecule has 2 rings (SSSR count). The number of imidazole rings is 1. The van der Waals surface area contributed by atoms with Crippen LogP contribution in [0.1, 0.15) is 6.92 Å². The van der Waals surface area contributed by atoms with E-state index < -0.39 is 9.84 Å². The zero-order valence-electron chi connectivity index (χ0n) is 11.6. The first kappa shape index (κ1) is 15.1. The average Bonchev–Trinajstić information content (AvgIpc) is 2.89. The lowest BCUT2D eigenvalue weighted by Gasteiger charge is -2.13. The summed E-state index contributed by atoms with van der Waals surface area (Å²) < 4.78 is 24.1. The van der Waals surface area contributed by atoms with E-state index in [2.05, 4.69) is 30.7 Å². The predicted molar refractivity (Wildman–Crippen MR) is 77.6 cm³/mol. The molecule has 2 aromatic rings. The molecule has 0 spiro atoms. The third-order valence-corrected chi connectivity index (χ3v) is 3.52. The molecule has 0 bridgehead atoms. The molecule has 2 heterocycles. The summed E-state index contributed by atoms with van der Waals surface area (Å²) in [4.78, 5) is 16.2. The van der Waals surface area contributed by atoms with Gasteiger partial charge < -0.3 is 5.32 Å². The van der Waals surface area contributed by atoms with Gasteiger partial charge in [0.25, 0.3) is 0 Å². The first-order chi connectivity index (χ1) is 9.87. The molecule has 0 radical (unpaired) electrons. The summed E-state index contributed by atoms with van der Waals surface area (Å²) in [6, 6.07) is -0.358. The Balaban J connectivity index is 2.25. The number of sulfone groups is 1. The van der Waals surface area contributed by atoms with Crippen molar-refractivity contribution in [3.8, 4) is 5.95 Å². The summed E-state index contributed by atoms with van der Waals surface area (Å²) in [5, 5.41) is 2.90. The molecule has 0 saturated carbocycles. The Bertz CT molecular complexity index is 700. The highest BCUT2D eigenvalue weighted by Crippen LogP contribution is 2.09. The number of rotatable bonds is 6. The van der Waals surface area contributed by atoms with E-state index in [9.17, 15) is 8.42 Å². The van der Waals surface area contributed by atoms with Crippen molar-refractivity contribution in [1.82, 2.24) is 24.5 Å². The lowest BCUT2D eigenvalue weighted by Crippen LogP contribution is -2.27. The molecule has 1 unspecified atom stereocenters. The Morgan fingerprint density at radius 2 is 2.05 bits per heavy atom. The summed E-state index contributed by atoms with van der Waals surface area (Å²) in [5.41, 5.74) is 2.34. The molecule has 11 heteroatoms. The van der Waals surface area contributed by atoms with E-state index in [-0.39, 0.29) is 23.7 Å². The topological polar surface area (TPSA) is 141 Å². The minimum absolute atomic E-state index is 0.0372. The van der Waals surface area contributed by atoms with Crippen molar-refractivity contribution in [3.05, 3.63) is 18.7 Å². The van der Waals surface area contributed by atoms with Gasteiger partial charge in [-0.25, -0.2) is 19.2 Å². The van der Waals surface area contributed by atoms with Crippen LogP contribution in [0.25, 0.3) is 5.95 Å². The molecule has 4 N–H and O–H groups in total. The van der Waals surface area contributed by atoms with Gasteiger partial charge in [0.2, 0.25) is 17.8 Å². The number of nitrogens with zero attached hydrogens (tertiary/aromatic N) is 5. The average molecular weight is 312 g/mol. The number of anilines is 2. The second-order valence-electron chi connectivity index (χ2n) is 4.53. The summed E-state index contributed by atoms with van der Waals surface area (Å²) in [6.07, 6.45) is 5.94. The van der Waals surface area contributed by atoms with Crippen LogP contribution >= 0.6 is 0 Å². The number of nitrogens with one attached hydrogen (secondary N) is 2. The molecule has 0 aliphatic carbocycles. The van der Waals surface area contributed by atoms with Crippen LogP contribution in [0.2, 0.25) is 0 Å². The third kappa shape index (κ3) is 4.36. The normalized spacial score (nSPS) is 12.9. The summed E-state index contributed by atoms with van der Waals surface area (Å²) >= 11 is 0. The molecule has 21 heavy (non-hydrogen) atoms. The number of hydrogen-bond acceptors (Lipinski definition) is 9. The van der Waals surface area contributed by atoms with Crippen molar-refractivity contribution in [3.63, 3.8) is 0 Å². The van der Waals surface area contributed by atoms with Gasteiger partial charge in [0.15, 0.2) is 0 Å². The number of hydrazine groups is 1. The van der Waals surface area contributed by atoms with Gasteiger partial charge in [-0.2, -0.15) is 15.0 Å². The van der Waals surface area contributed by atoms with Crippen LogP contribution in [0.5, 0.6) is 0 Å². The highest BCUT2D eigenvalue weighted by molar-refractivity contribution is 7.90. The van der Waals surface area contributed by atoms with Crippen molar-refractivity contribution in [1.29, 1.82) is 0 Å². The quantitative estimate of drug-likeness (QED) is 0.461. The van der Waals surface area contributed by atoms with Gasteiger partial charge in [0.05, 0.1) is 5.75 Å². The number of hydrogen-bond donors (Lipinski definition) is 3. The fourth-order valence-corrected chi connectivity index (χ4v) is 2.69. The number of aromatic nitrogens is 5. The first-order valence-electron chi connectivity index (χ1n) is 6.02. The van der Waals surface area contributed by atoms with Gasteiger partial charge in [-0.15, -0.1) is 0 Å². The highest BCUT2D eigenvalue weighted by Gasteiger charge is 2.13. The van der Waals surface area contributed by atoms with Gasteiger partial charge in [-0.05, 0) is 6.92 Å². The molecule has 0 aromatic carbocycles. The smallest absolute Gasteiger partial charge is 0.243 e. The van der Waals surface area contributed by atoms with Crippen LogP contribution < -0.4 is 16.6 Å². The van der Waals surface area contributed by atoms with Crippen molar-refractivity contribution in [2.75, 3.05) is 22.8 Å². The molecule has 0 saturated heterocycles. The van der Waals surface area contributed by atoms with Crippen LogP contribution in [-0.4, -0.2) is 51.0 Å². The fraction of sp³-hybridized carbons (Fsp3) is 0.400. The molecular formula is C10H16N8O2S. The standard InChI is InChI=1S/C10H16N8O2S/c1-7(5-21(2,19)20)13-8-14-9(17-11)16-10(15-8)18-4-3-12-6-18/h3-4,6-7H,5,11H2,1-2H3,(H2,13,14,15,16,17). The maximum absolute atomic E-state index is 11.3. The molecule has 0 aliphatic rings. The Morgan fingerprint density at radius 3 is 2.62 bits per heavy atom. The maximum Gasteiger partial charge on any atom is 0.243 e. The van der Waals surface area contributed by atoms with Crippen molar-refractivity contribution < 1.29 is 8.42 Å². The monoisotopic (exact) mass is 312 g/mol. The van der Waals surface area contributed by atoms with Crippen LogP contribution in [-0.2, 0) is 9.84 Å². The Hall–Kier alpha value is -2.27. The lowest BCUT2D eigenvalue weighted by molar-refractivity contribution is 0.597. The lowest BCUT2D eigenvalue weighted by atomic mass is 10.4. The van der Waals surface area contributed by atoms with Gasteiger partial charge in [-0.3, -0.25) is 9.99 Å². The number of nitrogen functional groups attached to an aromatic ring is 1. The molecule has 2 aromatic heterocycles. The molecule has 1 atom stereocenters. The van der Waals surface area contributed by atoms with Gasteiger partial charge in [-0.1, -0.05) is 0 Å². The van der Waals surface area contributed by atoms with E-state index >= 15 is 0 Å². The zero-order chi connectivity index (χ0) is 15.5. The van der Waals surface area contributed by atoms with E-state index in [1.54, 1.807) is 23.9 Å². The van der Waals surface area contributed by atoms with E-state index in [1.807, 2.05) is 0 Å². The molecular weight excluding hydrogens is 296 g/mol.